The maximum atomic E-state index is 13.7. The Kier molecular flexibility index (Phi) is 5.94. The highest BCUT2D eigenvalue weighted by Crippen LogP contribution is 2.27. The fraction of sp³-hybridized carbons (Fsp3) is 0.381. The van der Waals surface area contributed by atoms with Crippen LogP contribution in [0.25, 0.3) is 0 Å². The molecule has 0 saturated carbocycles. The Morgan fingerprint density at radius 1 is 1.00 bits per heavy atom. The molecule has 0 N–H and O–H groups in total. The van der Waals surface area contributed by atoms with Crippen molar-refractivity contribution in [3.05, 3.63) is 59.4 Å². The number of nitrogens with zero attached hydrogens (tertiary/aromatic N) is 2. The van der Waals surface area contributed by atoms with Crippen LogP contribution in [0.3, 0.4) is 0 Å². The molecule has 0 spiro atoms. The second-order valence-electron chi connectivity index (χ2n) is 7.29. The molecule has 1 amide bonds. The van der Waals surface area contributed by atoms with Gasteiger partial charge in [-0.15, -0.1) is 11.8 Å². The summed E-state index contributed by atoms with van der Waals surface area (Å²) in [5.74, 6) is -0.304. The van der Waals surface area contributed by atoms with Gasteiger partial charge in [-0.3, -0.25) is 4.79 Å². The van der Waals surface area contributed by atoms with E-state index in [0.717, 1.165) is 24.8 Å². The molecule has 1 saturated heterocycles. The minimum absolute atomic E-state index is 0.104. The number of benzene rings is 2. The van der Waals surface area contributed by atoms with Gasteiger partial charge in [0.05, 0.1) is 10.6 Å². The lowest BCUT2D eigenvalue weighted by Gasteiger charge is -2.34. The number of hydrogen-bond acceptors (Lipinski definition) is 4. The van der Waals surface area contributed by atoms with Gasteiger partial charge in [-0.1, -0.05) is 18.2 Å². The Morgan fingerprint density at radius 2 is 1.72 bits per heavy atom. The van der Waals surface area contributed by atoms with Gasteiger partial charge in [-0.25, -0.2) is 12.8 Å². The molecular formula is C21H23FN2O3S2. The molecule has 154 valence electrons. The average molecular weight is 435 g/mol. The number of hydrogen-bond donors (Lipinski definition) is 0. The zero-order valence-electron chi connectivity index (χ0n) is 16.0. The maximum absolute atomic E-state index is 13.7. The number of halogens is 1. The normalized spacial score (nSPS) is 17.3. The van der Waals surface area contributed by atoms with E-state index in [2.05, 4.69) is 0 Å². The SMILES string of the molecule is O=C(CSc1ccccc1F)N1CCN(S(=O)(=O)c2ccc3c(c2)CCC3)CC1. The number of piperazine rings is 1. The van der Waals surface area contributed by atoms with E-state index in [1.165, 1.54) is 27.7 Å². The summed E-state index contributed by atoms with van der Waals surface area (Å²) >= 11 is 1.17. The molecule has 0 aromatic heterocycles. The zero-order valence-corrected chi connectivity index (χ0v) is 17.6. The quantitative estimate of drug-likeness (QED) is 0.679. The van der Waals surface area contributed by atoms with E-state index in [1.54, 1.807) is 35.2 Å². The summed E-state index contributed by atoms with van der Waals surface area (Å²) in [7, 11) is -3.55. The van der Waals surface area contributed by atoms with Crippen LogP contribution in [0.1, 0.15) is 17.5 Å². The lowest BCUT2D eigenvalue weighted by Crippen LogP contribution is -2.51. The number of carbonyl (C=O) groups is 1. The van der Waals surface area contributed by atoms with Crippen molar-refractivity contribution in [2.24, 2.45) is 0 Å². The lowest BCUT2D eigenvalue weighted by atomic mass is 10.1. The van der Waals surface area contributed by atoms with E-state index >= 15 is 0 Å². The number of carbonyl (C=O) groups excluding carboxylic acids is 1. The second-order valence-corrected chi connectivity index (χ2v) is 10.2. The van der Waals surface area contributed by atoms with Crippen LogP contribution in [-0.4, -0.2) is 55.5 Å². The van der Waals surface area contributed by atoms with Crippen molar-refractivity contribution in [1.82, 2.24) is 9.21 Å². The predicted octanol–water partition coefficient (Wildman–Crippen LogP) is 2.94. The first kappa shape index (κ1) is 20.4. The summed E-state index contributed by atoms with van der Waals surface area (Å²) < 4.78 is 41.1. The first-order valence-electron chi connectivity index (χ1n) is 9.72. The number of thioether (sulfide) groups is 1. The highest BCUT2D eigenvalue weighted by atomic mass is 32.2. The standard InChI is InChI=1S/C21H23FN2O3S2/c22-19-6-1-2-7-20(19)28-15-21(25)23-10-12-24(13-11-23)29(26,27)18-9-8-16-4-3-5-17(16)14-18/h1-2,6-9,14H,3-5,10-13,15H2. The lowest BCUT2D eigenvalue weighted by molar-refractivity contribution is -0.129. The van der Waals surface area contributed by atoms with Crippen LogP contribution in [0.15, 0.2) is 52.3 Å². The van der Waals surface area contributed by atoms with Gasteiger partial charge in [0.15, 0.2) is 0 Å². The number of amides is 1. The third-order valence-corrected chi connectivity index (χ3v) is 8.41. The molecule has 2 aromatic rings. The van der Waals surface area contributed by atoms with Crippen molar-refractivity contribution in [2.45, 2.75) is 29.1 Å². The van der Waals surface area contributed by atoms with Crippen LogP contribution in [0, 0.1) is 5.82 Å². The van der Waals surface area contributed by atoms with Crippen molar-refractivity contribution >= 4 is 27.7 Å². The Hall–Kier alpha value is -1.90. The van der Waals surface area contributed by atoms with Gasteiger partial charge in [0.25, 0.3) is 0 Å². The summed E-state index contributed by atoms with van der Waals surface area (Å²) in [6.45, 7) is 1.24. The molecule has 0 unspecified atom stereocenters. The number of rotatable bonds is 5. The monoisotopic (exact) mass is 434 g/mol. The smallest absolute Gasteiger partial charge is 0.243 e. The molecule has 4 rings (SSSR count). The fourth-order valence-corrected chi connectivity index (χ4v) is 6.14. The summed E-state index contributed by atoms with van der Waals surface area (Å²) in [5, 5.41) is 0. The Labute approximate surface area is 174 Å². The van der Waals surface area contributed by atoms with E-state index in [-0.39, 0.29) is 30.6 Å². The molecule has 2 aliphatic rings. The number of aryl methyl sites for hydroxylation is 2. The summed E-state index contributed by atoms with van der Waals surface area (Å²) in [6.07, 6.45) is 3.02. The van der Waals surface area contributed by atoms with Crippen LogP contribution < -0.4 is 0 Å². The molecule has 0 atom stereocenters. The summed E-state index contributed by atoms with van der Waals surface area (Å²) in [4.78, 5) is 14.9. The van der Waals surface area contributed by atoms with Crippen LogP contribution in [0.2, 0.25) is 0 Å². The van der Waals surface area contributed by atoms with E-state index in [4.69, 9.17) is 0 Å². The molecule has 1 aliphatic heterocycles. The van der Waals surface area contributed by atoms with Crippen LogP contribution in [-0.2, 0) is 27.7 Å². The van der Waals surface area contributed by atoms with Crippen LogP contribution in [0.4, 0.5) is 4.39 Å². The molecule has 29 heavy (non-hydrogen) atoms. The van der Waals surface area contributed by atoms with Gasteiger partial charge in [0.2, 0.25) is 15.9 Å². The highest BCUT2D eigenvalue weighted by Gasteiger charge is 2.30. The molecule has 1 heterocycles. The summed E-state index contributed by atoms with van der Waals surface area (Å²) in [5.41, 5.74) is 2.37. The third kappa shape index (κ3) is 4.34. The Morgan fingerprint density at radius 3 is 2.48 bits per heavy atom. The fourth-order valence-electron chi connectivity index (χ4n) is 3.83. The first-order valence-corrected chi connectivity index (χ1v) is 12.1. The van der Waals surface area contributed by atoms with Crippen molar-refractivity contribution in [2.75, 3.05) is 31.9 Å². The minimum Gasteiger partial charge on any atom is -0.339 e. The molecule has 1 fully saturated rings. The molecule has 1 aliphatic carbocycles. The molecule has 0 radical (unpaired) electrons. The topological polar surface area (TPSA) is 57.7 Å². The second kappa shape index (κ2) is 8.45. The van der Waals surface area contributed by atoms with Crippen molar-refractivity contribution in [1.29, 1.82) is 0 Å². The maximum Gasteiger partial charge on any atom is 0.243 e. The number of fused-ring (bicyclic) bond motifs is 1. The van der Waals surface area contributed by atoms with Crippen molar-refractivity contribution in [3.63, 3.8) is 0 Å². The van der Waals surface area contributed by atoms with E-state index in [0.29, 0.717) is 22.9 Å². The van der Waals surface area contributed by atoms with Gasteiger partial charge in [0.1, 0.15) is 5.82 Å². The first-order chi connectivity index (χ1) is 13.9. The molecule has 5 nitrogen and oxygen atoms in total. The number of sulfonamides is 1. The van der Waals surface area contributed by atoms with Crippen LogP contribution in [0.5, 0.6) is 0 Å². The molecule has 0 bridgehead atoms. The summed E-state index contributed by atoms with van der Waals surface area (Å²) in [6, 6.07) is 11.8. The van der Waals surface area contributed by atoms with E-state index < -0.39 is 10.0 Å². The largest absolute Gasteiger partial charge is 0.339 e. The van der Waals surface area contributed by atoms with Gasteiger partial charge in [0, 0.05) is 31.1 Å². The van der Waals surface area contributed by atoms with E-state index in [1.807, 2.05) is 6.07 Å². The van der Waals surface area contributed by atoms with Gasteiger partial charge >= 0.3 is 0 Å². The molecular weight excluding hydrogens is 411 g/mol. The van der Waals surface area contributed by atoms with Gasteiger partial charge in [-0.2, -0.15) is 4.31 Å². The highest BCUT2D eigenvalue weighted by molar-refractivity contribution is 8.00. The third-order valence-electron chi connectivity index (χ3n) is 5.49. The Bertz CT molecular complexity index is 1020. The van der Waals surface area contributed by atoms with Crippen molar-refractivity contribution in [3.8, 4) is 0 Å². The minimum atomic E-state index is -3.55. The van der Waals surface area contributed by atoms with Crippen molar-refractivity contribution < 1.29 is 17.6 Å². The Balaban J connectivity index is 1.35. The molecule has 2 aromatic carbocycles. The average Bonchev–Trinajstić information content (AvgIpc) is 3.21. The van der Waals surface area contributed by atoms with Gasteiger partial charge < -0.3 is 4.90 Å². The van der Waals surface area contributed by atoms with Crippen LogP contribution >= 0.6 is 11.8 Å². The predicted molar refractivity (Wildman–Crippen MR) is 111 cm³/mol. The van der Waals surface area contributed by atoms with Gasteiger partial charge in [-0.05, 0) is 54.7 Å². The molecule has 8 heteroatoms. The zero-order chi connectivity index (χ0) is 20.4. The van der Waals surface area contributed by atoms with E-state index in [9.17, 15) is 17.6 Å².